The number of hydrogen-bond donors (Lipinski definition) is 1. The average Bonchev–Trinajstić information content (AvgIpc) is 3.15. The molecule has 1 spiro atoms. The molecule has 1 N–H and O–H groups in total. The van der Waals surface area contributed by atoms with Crippen LogP contribution in [0.1, 0.15) is 43.5 Å². The number of para-hydroxylation sites is 1. The number of piperidine rings is 1. The Labute approximate surface area is 206 Å². The number of anilines is 1. The Kier molecular flexibility index (Phi) is 7.28. The fourth-order valence-corrected chi connectivity index (χ4v) is 4.94. The fourth-order valence-electron chi connectivity index (χ4n) is 4.94. The van der Waals surface area contributed by atoms with Gasteiger partial charge in [0.05, 0.1) is 13.8 Å². The maximum Gasteiger partial charge on any atom is 0.253 e. The van der Waals surface area contributed by atoms with Crippen molar-refractivity contribution in [2.45, 2.75) is 44.7 Å². The molecule has 2 fully saturated rings. The number of nitrogens with zero attached hydrogens (tertiary/aromatic N) is 3. The van der Waals surface area contributed by atoms with Gasteiger partial charge in [0, 0.05) is 30.4 Å². The molecule has 0 aromatic heterocycles. The number of methoxy groups -OCH3 is 1. The SMILES string of the molecule is CC[C@H](C)NC(=O)CN1CN(c2ccccc2)C2(CCN(C(=O)c3cccc(OC)c3)CC2)C1=O. The van der Waals surface area contributed by atoms with E-state index >= 15 is 0 Å². The lowest BCUT2D eigenvalue weighted by atomic mass is 9.85. The summed E-state index contributed by atoms with van der Waals surface area (Å²) in [5, 5.41) is 2.96. The molecule has 1 atom stereocenters. The van der Waals surface area contributed by atoms with Gasteiger partial charge in [-0.3, -0.25) is 14.4 Å². The van der Waals surface area contributed by atoms with Crippen LogP contribution in [0.5, 0.6) is 5.75 Å². The number of rotatable bonds is 7. The molecule has 2 aromatic rings. The molecule has 2 aliphatic rings. The summed E-state index contributed by atoms with van der Waals surface area (Å²) in [5.41, 5.74) is 0.739. The maximum absolute atomic E-state index is 13.8. The summed E-state index contributed by atoms with van der Waals surface area (Å²) in [6.07, 6.45) is 1.83. The molecule has 8 nitrogen and oxygen atoms in total. The minimum absolute atomic E-state index is 0.0285. The molecule has 0 saturated carbocycles. The smallest absolute Gasteiger partial charge is 0.253 e. The van der Waals surface area contributed by atoms with Crippen LogP contribution in [0.15, 0.2) is 54.6 Å². The third-order valence-electron chi connectivity index (χ3n) is 7.13. The van der Waals surface area contributed by atoms with Gasteiger partial charge in [0.1, 0.15) is 17.8 Å². The molecule has 0 bridgehead atoms. The van der Waals surface area contributed by atoms with E-state index in [9.17, 15) is 14.4 Å². The molecular weight excluding hydrogens is 444 g/mol. The van der Waals surface area contributed by atoms with Gasteiger partial charge < -0.3 is 24.8 Å². The van der Waals surface area contributed by atoms with Crippen LogP contribution in [0.3, 0.4) is 0 Å². The second-order valence-electron chi connectivity index (χ2n) is 9.34. The zero-order valence-corrected chi connectivity index (χ0v) is 20.7. The number of ether oxygens (including phenoxy) is 1. The van der Waals surface area contributed by atoms with Crippen molar-refractivity contribution < 1.29 is 19.1 Å². The molecular formula is C27H34N4O4. The minimum atomic E-state index is -0.775. The highest BCUT2D eigenvalue weighted by Gasteiger charge is 2.54. The van der Waals surface area contributed by atoms with E-state index in [0.29, 0.717) is 43.9 Å². The zero-order chi connectivity index (χ0) is 25.0. The van der Waals surface area contributed by atoms with Crippen molar-refractivity contribution in [3.8, 4) is 5.75 Å². The molecule has 4 rings (SSSR count). The second-order valence-corrected chi connectivity index (χ2v) is 9.34. The van der Waals surface area contributed by atoms with E-state index in [4.69, 9.17) is 4.74 Å². The lowest BCUT2D eigenvalue weighted by Gasteiger charge is -2.43. The molecule has 186 valence electrons. The van der Waals surface area contributed by atoms with Crippen molar-refractivity contribution in [1.82, 2.24) is 15.1 Å². The normalized spacial score (nSPS) is 18.0. The average molecular weight is 479 g/mol. The summed E-state index contributed by atoms with van der Waals surface area (Å²) < 4.78 is 5.26. The van der Waals surface area contributed by atoms with E-state index in [1.807, 2.05) is 50.2 Å². The van der Waals surface area contributed by atoms with E-state index in [1.54, 1.807) is 35.1 Å². The van der Waals surface area contributed by atoms with Gasteiger partial charge in [-0.05, 0) is 56.5 Å². The molecule has 3 amide bonds. The Balaban J connectivity index is 1.53. The predicted octanol–water partition coefficient (Wildman–Crippen LogP) is 2.89. The molecule has 2 heterocycles. The summed E-state index contributed by atoms with van der Waals surface area (Å²) in [6, 6.07) is 17.0. The van der Waals surface area contributed by atoms with Crippen LogP contribution < -0.4 is 15.0 Å². The maximum atomic E-state index is 13.8. The second kappa shape index (κ2) is 10.4. The van der Waals surface area contributed by atoms with Crippen molar-refractivity contribution in [2.24, 2.45) is 0 Å². The number of carbonyl (C=O) groups excluding carboxylic acids is 3. The highest BCUT2D eigenvalue weighted by molar-refractivity contribution is 5.98. The molecule has 35 heavy (non-hydrogen) atoms. The van der Waals surface area contributed by atoms with Crippen LogP contribution in [0.2, 0.25) is 0 Å². The number of benzene rings is 2. The van der Waals surface area contributed by atoms with Crippen molar-refractivity contribution in [3.05, 3.63) is 60.2 Å². The number of likely N-dealkylation sites (tertiary alicyclic amines) is 1. The molecule has 0 unspecified atom stereocenters. The highest BCUT2D eigenvalue weighted by Crippen LogP contribution is 2.39. The fraction of sp³-hybridized carbons (Fsp3) is 0.444. The predicted molar refractivity (Wildman–Crippen MR) is 134 cm³/mol. The molecule has 0 aliphatic carbocycles. The summed E-state index contributed by atoms with van der Waals surface area (Å²) in [7, 11) is 1.58. The van der Waals surface area contributed by atoms with Crippen molar-refractivity contribution in [3.63, 3.8) is 0 Å². The first-order valence-corrected chi connectivity index (χ1v) is 12.2. The summed E-state index contributed by atoms with van der Waals surface area (Å²) in [4.78, 5) is 45.1. The monoisotopic (exact) mass is 478 g/mol. The first-order chi connectivity index (χ1) is 16.9. The van der Waals surface area contributed by atoms with Crippen LogP contribution >= 0.6 is 0 Å². The first kappa shape index (κ1) is 24.6. The van der Waals surface area contributed by atoms with Gasteiger partial charge in [0.15, 0.2) is 0 Å². The van der Waals surface area contributed by atoms with Gasteiger partial charge in [0.25, 0.3) is 11.8 Å². The molecule has 2 aromatic carbocycles. The first-order valence-electron chi connectivity index (χ1n) is 12.2. The lowest BCUT2D eigenvalue weighted by molar-refractivity contribution is -0.137. The highest BCUT2D eigenvalue weighted by atomic mass is 16.5. The number of amides is 3. The van der Waals surface area contributed by atoms with Gasteiger partial charge in [-0.1, -0.05) is 31.2 Å². The van der Waals surface area contributed by atoms with Gasteiger partial charge >= 0.3 is 0 Å². The summed E-state index contributed by atoms with van der Waals surface area (Å²) in [5.74, 6) is 0.370. The molecule has 8 heteroatoms. The van der Waals surface area contributed by atoms with Crippen LogP contribution in [0.25, 0.3) is 0 Å². The van der Waals surface area contributed by atoms with E-state index in [1.165, 1.54) is 0 Å². The summed E-state index contributed by atoms with van der Waals surface area (Å²) in [6.45, 7) is 5.26. The van der Waals surface area contributed by atoms with E-state index in [2.05, 4.69) is 10.2 Å². The van der Waals surface area contributed by atoms with Crippen LogP contribution in [0.4, 0.5) is 5.69 Å². The third kappa shape index (κ3) is 4.97. The largest absolute Gasteiger partial charge is 0.497 e. The van der Waals surface area contributed by atoms with Gasteiger partial charge in [-0.25, -0.2) is 0 Å². The van der Waals surface area contributed by atoms with Crippen molar-refractivity contribution in [2.75, 3.05) is 38.3 Å². The van der Waals surface area contributed by atoms with Crippen molar-refractivity contribution in [1.29, 1.82) is 0 Å². The quantitative estimate of drug-likeness (QED) is 0.662. The van der Waals surface area contributed by atoms with Gasteiger partial charge in [0.2, 0.25) is 5.91 Å². The van der Waals surface area contributed by atoms with E-state index in [-0.39, 0.29) is 30.3 Å². The van der Waals surface area contributed by atoms with Crippen LogP contribution in [0, 0.1) is 0 Å². The number of carbonyl (C=O) groups is 3. The topological polar surface area (TPSA) is 82.2 Å². The summed E-state index contributed by atoms with van der Waals surface area (Å²) >= 11 is 0. The Morgan fingerprint density at radius 2 is 1.80 bits per heavy atom. The van der Waals surface area contributed by atoms with Crippen molar-refractivity contribution >= 4 is 23.4 Å². The zero-order valence-electron chi connectivity index (χ0n) is 20.7. The van der Waals surface area contributed by atoms with Crippen LogP contribution in [-0.4, -0.2) is 72.5 Å². The number of hydrogen-bond acceptors (Lipinski definition) is 5. The molecule has 0 radical (unpaired) electrons. The minimum Gasteiger partial charge on any atom is -0.497 e. The Bertz CT molecular complexity index is 1070. The van der Waals surface area contributed by atoms with E-state index in [0.717, 1.165) is 12.1 Å². The lowest BCUT2D eigenvalue weighted by Crippen LogP contribution is -2.57. The standard InChI is InChI=1S/C27H34N4O4/c1-4-20(2)28-24(32)18-30-19-31(22-10-6-5-7-11-22)27(26(30)34)13-15-29(16-14-27)25(33)21-9-8-12-23(17-21)35-3/h5-12,17,20H,4,13-16,18-19H2,1-3H3,(H,28,32)/t20-/m0/s1. The van der Waals surface area contributed by atoms with Gasteiger partial charge in [-0.2, -0.15) is 0 Å². The van der Waals surface area contributed by atoms with Crippen LogP contribution in [-0.2, 0) is 9.59 Å². The molecule has 2 aliphatic heterocycles. The Hall–Kier alpha value is -3.55. The Morgan fingerprint density at radius 3 is 2.46 bits per heavy atom. The van der Waals surface area contributed by atoms with E-state index < -0.39 is 5.54 Å². The van der Waals surface area contributed by atoms with Gasteiger partial charge in [-0.15, -0.1) is 0 Å². The molecule has 2 saturated heterocycles. The third-order valence-corrected chi connectivity index (χ3v) is 7.13. The Morgan fingerprint density at radius 1 is 1.09 bits per heavy atom. The number of nitrogens with one attached hydrogen (secondary N) is 1.